The summed E-state index contributed by atoms with van der Waals surface area (Å²) in [6.45, 7) is 4.85. The molecular formula is C21H24N2O. The number of hydrogen-bond donors (Lipinski definition) is 1. The van der Waals surface area contributed by atoms with E-state index in [9.17, 15) is 5.11 Å². The van der Waals surface area contributed by atoms with Crippen molar-refractivity contribution < 1.29 is 5.11 Å². The summed E-state index contributed by atoms with van der Waals surface area (Å²) in [5, 5.41) is 10.6. The summed E-state index contributed by atoms with van der Waals surface area (Å²) >= 11 is 0. The van der Waals surface area contributed by atoms with E-state index in [1.165, 1.54) is 16.5 Å². The van der Waals surface area contributed by atoms with Crippen LogP contribution in [0.15, 0.2) is 66.9 Å². The number of rotatable bonds is 7. The molecule has 0 amide bonds. The normalized spacial score (nSPS) is 12.6. The van der Waals surface area contributed by atoms with E-state index in [0.29, 0.717) is 0 Å². The van der Waals surface area contributed by atoms with Crippen molar-refractivity contribution in [1.82, 2.24) is 9.88 Å². The van der Waals surface area contributed by atoms with E-state index >= 15 is 0 Å². The molecule has 0 saturated carbocycles. The molecule has 0 bridgehead atoms. The lowest BCUT2D eigenvalue weighted by molar-refractivity contribution is 0.163. The zero-order chi connectivity index (χ0) is 16.8. The molecule has 3 heteroatoms. The van der Waals surface area contributed by atoms with Gasteiger partial charge in [0.15, 0.2) is 0 Å². The van der Waals surface area contributed by atoms with E-state index in [1.807, 2.05) is 30.5 Å². The zero-order valence-electron chi connectivity index (χ0n) is 14.1. The molecular weight excluding hydrogens is 296 g/mol. The monoisotopic (exact) mass is 320 g/mol. The second-order valence-corrected chi connectivity index (χ2v) is 6.48. The van der Waals surface area contributed by atoms with E-state index < -0.39 is 0 Å². The third-order valence-electron chi connectivity index (χ3n) is 4.18. The average Bonchev–Trinajstić information content (AvgIpc) is 2.62. The summed E-state index contributed by atoms with van der Waals surface area (Å²) in [5.41, 5.74) is 3.52. The maximum atomic E-state index is 9.42. The van der Waals surface area contributed by atoms with Crippen LogP contribution in [0.4, 0.5) is 0 Å². The van der Waals surface area contributed by atoms with E-state index in [4.69, 9.17) is 0 Å². The minimum absolute atomic E-state index is 0.210. The van der Waals surface area contributed by atoms with Gasteiger partial charge >= 0.3 is 0 Å². The zero-order valence-corrected chi connectivity index (χ0v) is 14.1. The van der Waals surface area contributed by atoms with Crippen molar-refractivity contribution in [3.05, 3.63) is 78.0 Å². The van der Waals surface area contributed by atoms with Crippen molar-refractivity contribution >= 4 is 10.9 Å². The minimum Gasteiger partial charge on any atom is -0.396 e. The second kappa shape index (κ2) is 8.04. The number of hydrogen-bond acceptors (Lipinski definition) is 3. The molecule has 1 aromatic heterocycles. The largest absolute Gasteiger partial charge is 0.396 e. The van der Waals surface area contributed by atoms with Gasteiger partial charge in [0.2, 0.25) is 0 Å². The molecule has 0 aliphatic carbocycles. The smallest absolute Gasteiger partial charge is 0.0702 e. The van der Waals surface area contributed by atoms with Crippen LogP contribution >= 0.6 is 0 Å². The quantitative estimate of drug-likeness (QED) is 0.718. The Kier molecular flexibility index (Phi) is 5.57. The molecule has 1 N–H and O–H groups in total. The number of benzene rings is 2. The molecule has 24 heavy (non-hydrogen) atoms. The van der Waals surface area contributed by atoms with Gasteiger partial charge in [0.1, 0.15) is 0 Å². The second-order valence-electron chi connectivity index (χ2n) is 6.48. The van der Waals surface area contributed by atoms with Crippen LogP contribution in [0.1, 0.15) is 18.1 Å². The molecule has 2 aromatic carbocycles. The van der Waals surface area contributed by atoms with Gasteiger partial charge in [0.25, 0.3) is 0 Å². The standard InChI is InChI=1S/C21H24N2O/c1-17(16-24)13-23(14-18-7-3-2-4-8-18)15-19-11-20-9-5-6-10-21(20)22-12-19/h2-12,17,24H,13-16H2,1H3/t17-/m0/s1. The first-order valence-electron chi connectivity index (χ1n) is 8.45. The van der Waals surface area contributed by atoms with Crippen LogP contribution in [0.5, 0.6) is 0 Å². The van der Waals surface area contributed by atoms with Crippen molar-refractivity contribution in [2.75, 3.05) is 13.2 Å². The Morgan fingerprint density at radius 2 is 1.67 bits per heavy atom. The molecule has 0 fully saturated rings. The minimum atomic E-state index is 0.210. The number of nitrogens with zero attached hydrogens (tertiary/aromatic N) is 2. The van der Waals surface area contributed by atoms with Crippen LogP contribution in [-0.4, -0.2) is 28.1 Å². The van der Waals surface area contributed by atoms with E-state index in [1.54, 1.807) is 0 Å². The first-order chi connectivity index (χ1) is 11.7. The molecule has 1 heterocycles. The Balaban J connectivity index is 1.78. The topological polar surface area (TPSA) is 36.4 Å². The molecule has 0 spiro atoms. The van der Waals surface area contributed by atoms with Gasteiger partial charge in [-0.2, -0.15) is 0 Å². The van der Waals surface area contributed by atoms with E-state index in [0.717, 1.165) is 25.2 Å². The molecule has 3 aromatic rings. The van der Waals surface area contributed by atoms with Gasteiger partial charge in [-0.1, -0.05) is 55.5 Å². The van der Waals surface area contributed by atoms with Gasteiger partial charge in [0.05, 0.1) is 5.52 Å². The Labute approximate surface area is 143 Å². The highest BCUT2D eigenvalue weighted by Crippen LogP contribution is 2.16. The SMILES string of the molecule is C[C@H](CO)CN(Cc1ccccc1)Cc1cnc2ccccc2c1. The molecule has 0 saturated heterocycles. The summed E-state index contributed by atoms with van der Waals surface area (Å²) < 4.78 is 0. The number of aromatic nitrogens is 1. The first kappa shape index (κ1) is 16.6. The number of para-hydroxylation sites is 1. The lowest BCUT2D eigenvalue weighted by Crippen LogP contribution is -2.29. The van der Waals surface area contributed by atoms with Crippen LogP contribution in [0.2, 0.25) is 0 Å². The Bertz CT molecular complexity index is 773. The van der Waals surface area contributed by atoms with Crippen molar-refractivity contribution in [1.29, 1.82) is 0 Å². The summed E-state index contributed by atoms with van der Waals surface area (Å²) in [7, 11) is 0. The van der Waals surface area contributed by atoms with Gasteiger partial charge in [0, 0.05) is 37.8 Å². The fraction of sp³-hybridized carbons (Fsp3) is 0.286. The van der Waals surface area contributed by atoms with Crippen LogP contribution in [-0.2, 0) is 13.1 Å². The Morgan fingerprint density at radius 1 is 0.958 bits per heavy atom. The highest BCUT2D eigenvalue weighted by molar-refractivity contribution is 5.78. The molecule has 0 aliphatic heterocycles. The number of aliphatic hydroxyl groups excluding tert-OH is 1. The molecule has 3 nitrogen and oxygen atoms in total. The highest BCUT2D eigenvalue weighted by atomic mass is 16.3. The van der Waals surface area contributed by atoms with Crippen LogP contribution in [0, 0.1) is 5.92 Å². The van der Waals surface area contributed by atoms with Gasteiger partial charge in [-0.05, 0) is 29.2 Å². The van der Waals surface area contributed by atoms with Gasteiger partial charge in [-0.15, -0.1) is 0 Å². The number of fused-ring (bicyclic) bond motifs is 1. The molecule has 0 aliphatic rings. The average molecular weight is 320 g/mol. The predicted octanol–water partition coefficient (Wildman–Crippen LogP) is 3.87. The molecule has 0 unspecified atom stereocenters. The lowest BCUT2D eigenvalue weighted by Gasteiger charge is -2.25. The number of pyridine rings is 1. The van der Waals surface area contributed by atoms with Crippen molar-refractivity contribution in [2.45, 2.75) is 20.0 Å². The first-order valence-corrected chi connectivity index (χ1v) is 8.45. The molecule has 124 valence electrons. The van der Waals surface area contributed by atoms with Gasteiger partial charge < -0.3 is 5.11 Å². The van der Waals surface area contributed by atoms with Crippen molar-refractivity contribution in [2.24, 2.45) is 5.92 Å². The Morgan fingerprint density at radius 3 is 2.46 bits per heavy atom. The van der Waals surface area contributed by atoms with Gasteiger partial charge in [-0.3, -0.25) is 9.88 Å². The van der Waals surface area contributed by atoms with E-state index in [-0.39, 0.29) is 12.5 Å². The predicted molar refractivity (Wildman–Crippen MR) is 98.5 cm³/mol. The van der Waals surface area contributed by atoms with Crippen LogP contribution < -0.4 is 0 Å². The third-order valence-corrected chi connectivity index (χ3v) is 4.18. The molecule has 3 rings (SSSR count). The molecule has 1 atom stereocenters. The van der Waals surface area contributed by atoms with E-state index in [2.05, 4.69) is 53.2 Å². The maximum Gasteiger partial charge on any atom is 0.0702 e. The summed E-state index contributed by atoms with van der Waals surface area (Å²) in [5.74, 6) is 0.252. The van der Waals surface area contributed by atoms with Crippen LogP contribution in [0.3, 0.4) is 0 Å². The lowest BCUT2D eigenvalue weighted by atomic mass is 10.1. The van der Waals surface area contributed by atoms with Crippen LogP contribution in [0.25, 0.3) is 10.9 Å². The maximum absolute atomic E-state index is 9.42. The number of aliphatic hydroxyl groups is 1. The summed E-state index contributed by atoms with van der Waals surface area (Å²) in [6, 6.07) is 20.9. The summed E-state index contributed by atoms with van der Waals surface area (Å²) in [4.78, 5) is 6.94. The third kappa shape index (κ3) is 4.40. The molecule has 0 radical (unpaired) electrons. The Hall–Kier alpha value is -2.23. The van der Waals surface area contributed by atoms with Crippen molar-refractivity contribution in [3.63, 3.8) is 0 Å². The fourth-order valence-electron chi connectivity index (χ4n) is 2.99. The van der Waals surface area contributed by atoms with Gasteiger partial charge in [-0.25, -0.2) is 0 Å². The highest BCUT2D eigenvalue weighted by Gasteiger charge is 2.12. The summed E-state index contributed by atoms with van der Waals surface area (Å²) in [6.07, 6.45) is 1.96. The fourth-order valence-corrected chi connectivity index (χ4v) is 2.99. The van der Waals surface area contributed by atoms with Crippen molar-refractivity contribution in [3.8, 4) is 0 Å².